The van der Waals surface area contributed by atoms with Crippen molar-refractivity contribution in [2.75, 3.05) is 6.54 Å². The highest BCUT2D eigenvalue weighted by atomic mass is 19.1. The zero-order valence-corrected chi connectivity index (χ0v) is 15.7. The average Bonchev–Trinajstić information content (AvgIpc) is 2.83. The number of benzene rings is 1. The van der Waals surface area contributed by atoms with E-state index in [-0.39, 0.29) is 29.4 Å². The van der Waals surface area contributed by atoms with Gasteiger partial charge in [0.05, 0.1) is 6.10 Å². The number of hydrogen-bond donors (Lipinski definition) is 2. The van der Waals surface area contributed by atoms with Crippen LogP contribution < -0.4 is 10.1 Å². The van der Waals surface area contributed by atoms with E-state index in [1.807, 2.05) is 19.9 Å². The van der Waals surface area contributed by atoms with Crippen LogP contribution in [0.5, 0.6) is 5.75 Å². The molecule has 1 amide bonds. The highest BCUT2D eigenvalue weighted by molar-refractivity contribution is 6.07. The normalized spacial score (nSPS) is 23.6. The number of carbonyl (C=O) groups is 2. The second-order valence-corrected chi connectivity index (χ2v) is 7.63. The van der Waals surface area contributed by atoms with Crippen LogP contribution in [0.4, 0.5) is 4.39 Å². The van der Waals surface area contributed by atoms with Gasteiger partial charge in [-0.25, -0.2) is 9.79 Å². The minimum absolute atomic E-state index is 0.0131. The lowest BCUT2D eigenvalue weighted by Crippen LogP contribution is -2.29. The van der Waals surface area contributed by atoms with Crippen molar-refractivity contribution in [1.82, 2.24) is 5.32 Å². The fourth-order valence-corrected chi connectivity index (χ4v) is 4.20. The van der Waals surface area contributed by atoms with Gasteiger partial charge in [-0.3, -0.25) is 4.79 Å². The first-order chi connectivity index (χ1) is 13.3. The van der Waals surface area contributed by atoms with Gasteiger partial charge in [-0.15, -0.1) is 0 Å². The van der Waals surface area contributed by atoms with Gasteiger partial charge in [0.25, 0.3) is 0 Å². The first-order valence-corrected chi connectivity index (χ1v) is 9.35. The number of carboxylic acid groups (broad SMARTS) is 1. The van der Waals surface area contributed by atoms with Crippen LogP contribution >= 0.6 is 0 Å². The van der Waals surface area contributed by atoms with Crippen molar-refractivity contribution in [3.05, 3.63) is 52.2 Å². The summed E-state index contributed by atoms with van der Waals surface area (Å²) >= 11 is 0. The summed E-state index contributed by atoms with van der Waals surface area (Å²) in [4.78, 5) is 27.6. The molecule has 0 bridgehead atoms. The number of carbonyl (C=O) groups excluding carboxylic acids is 1. The summed E-state index contributed by atoms with van der Waals surface area (Å²) < 4.78 is 19.9. The lowest BCUT2D eigenvalue weighted by atomic mass is 9.75. The number of halogens is 1. The first-order valence-electron chi connectivity index (χ1n) is 9.35. The van der Waals surface area contributed by atoms with E-state index in [1.54, 1.807) is 12.1 Å². The third kappa shape index (κ3) is 3.21. The summed E-state index contributed by atoms with van der Waals surface area (Å²) in [7, 11) is 0. The quantitative estimate of drug-likeness (QED) is 0.833. The number of hydrogen-bond acceptors (Lipinski definition) is 4. The Morgan fingerprint density at radius 1 is 1.36 bits per heavy atom. The molecule has 2 unspecified atom stereocenters. The molecular formula is C21H21FN2O4. The summed E-state index contributed by atoms with van der Waals surface area (Å²) in [6, 6.07) is 5.18. The molecule has 28 heavy (non-hydrogen) atoms. The van der Waals surface area contributed by atoms with Gasteiger partial charge >= 0.3 is 5.97 Å². The molecule has 6 nitrogen and oxygen atoms in total. The first kappa shape index (κ1) is 18.4. The zero-order chi connectivity index (χ0) is 20.0. The summed E-state index contributed by atoms with van der Waals surface area (Å²) in [6.45, 7) is 4.09. The van der Waals surface area contributed by atoms with E-state index in [0.717, 1.165) is 11.1 Å². The minimum atomic E-state index is -1.05. The van der Waals surface area contributed by atoms with Crippen molar-refractivity contribution in [3.63, 3.8) is 0 Å². The predicted molar refractivity (Wildman–Crippen MR) is 101 cm³/mol. The van der Waals surface area contributed by atoms with Gasteiger partial charge in [0.15, 0.2) is 0 Å². The Balaban J connectivity index is 1.68. The van der Waals surface area contributed by atoms with E-state index in [2.05, 4.69) is 10.3 Å². The van der Waals surface area contributed by atoms with E-state index in [9.17, 15) is 19.1 Å². The predicted octanol–water partition coefficient (Wildman–Crippen LogP) is 3.36. The minimum Gasteiger partial charge on any atom is -0.490 e. The number of allylic oxidation sites excluding steroid dienone is 2. The lowest BCUT2D eigenvalue weighted by molar-refractivity contribution is -0.116. The van der Waals surface area contributed by atoms with Crippen molar-refractivity contribution in [3.8, 4) is 5.75 Å². The molecular weight excluding hydrogens is 363 g/mol. The number of aliphatic imine (C=N–C) groups is 1. The van der Waals surface area contributed by atoms with Crippen molar-refractivity contribution in [1.29, 1.82) is 0 Å². The second kappa shape index (κ2) is 6.89. The Bertz CT molecular complexity index is 961. The third-order valence-electron chi connectivity index (χ3n) is 5.34. The van der Waals surface area contributed by atoms with Crippen molar-refractivity contribution < 1.29 is 23.8 Å². The summed E-state index contributed by atoms with van der Waals surface area (Å²) in [5.41, 5.74) is 2.72. The monoisotopic (exact) mass is 384 g/mol. The van der Waals surface area contributed by atoms with Crippen LogP contribution in [0.2, 0.25) is 0 Å². The number of aromatic carboxylic acids is 1. The zero-order valence-electron chi connectivity index (χ0n) is 15.7. The molecule has 1 aliphatic carbocycles. The molecule has 3 aliphatic rings. The standard InChI is InChI=1S/C21H21FN2O4/c1-10(2)28-17-4-3-11(6-14(17)21(26)27)12-5-13-9-23-18(25)8-15-19(13)16(7-12)24-20(15)22/h3-4,6,8,10,12-13H,5,7,9H2,1-2H3,(H,23,25)(H,26,27). The van der Waals surface area contributed by atoms with Gasteiger partial charge in [-0.05, 0) is 55.9 Å². The van der Waals surface area contributed by atoms with Gasteiger partial charge in [0, 0.05) is 29.8 Å². The molecule has 0 spiro atoms. The molecule has 0 saturated heterocycles. The van der Waals surface area contributed by atoms with Gasteiger partial charge in [-0.1, -0.05) is 6.07 Å². The van der Waals surface area contributed by atoms with Crippen LogP contribution in [0.25, 0.3) is 0 Å². The van der Waals surface area contributed by atoms with E-state index in [1.165, 1.54) is 6.08 Å². The Morgan fingerprint density at radius 2 is 2.14 bits per heavy atom. The Hall–Kier alpha value is -2.96. The summed E-state index contributed by atoms with van der Waals surface area (Å²) in [5, 5.41) is 12.4. The topological polar surface area (TPSA) is 88.0 Å². The smallest absolute Gasteiger partial charge is 0.339 e. The maximum atomic E-state index is 14.3. The molecule has 4 rings (SSSR count). The summed E-state index contributed by atoms with van der Waals surface area (Å²) in [5.74, 6) is -1.71. The molecule has 0 fully saturated rings. The average molecular weight is 384 g/mol. The Labute approximate surface area is 161 Å². The molecule has 2 heterocycles. The lowest BCUT2D eigenvalue weighted by Gasteiger charge is -2.30. The fraction of sp³-hybridized carbons (Fsp3) is 0.381. The van der Waals surface area contributed by atoms with Gasteiger partial charge < -0.3 is 15.2 Å². The van der Waals surface area contributed by atoms with Crippen LogP contribution in [0.3, 0.4) is 0 Å². The van der Waals surface area contributed by atoms with E-state index >= 15 is 0 Å². The van der Waals surface area contributed by atoms with E-state index in [0.29, 0.717) is 36.4 Å². The molecule has 2 atom stereocenters. The highest BCUT2D eigenvalue weighted by Crippen LogP contribution is 2.47. The SMILES string of the molecule is CC(C)Oc1ccc(C2CC3=C4C(=CC(=O)NCC4C2)C(F)=N3)cc1C(=O)O. The fourth-order valence-electron chi connectivity index (χ4n) is 4.20. The molecule has 1 aromatic rings. The molecule has 0 aromatic heterocycles. The Kier molecular flexibility index (Phi) is 4.53. The molecule has 7 heteroatoms. The highest BCUT2D eigenvalue weighted by Gasteiger charge is 2.39. The Morgan fingerprint density at radius 3 is 2.86 bits per heavy atom. The maximum absolute atomic E-state index is 14.3. The van der Waals surface area contributed by atoms with Gasteiger partial charge in [-0.2, -0.15) is 4.39 Å². The van der Waals surface area contributed by atoms with Crippen LogP contribution in [0, 0.1) is 5.92 Å². The largest absolute Gasteiger partial charge is 0.490 e. The number of ether oxygens (including phenoxy) is 1. The number of carboxylic acids is 1. The molecule has 0 saturated carbocycles. The van der Waals surface area contributed by atoms with Crippen LogP contribution in [-0.4, -0.2) is 35.6 Å². The number of nitrogens with one attached hydrogen (secondary N) is 1. The number of amides is 1. The summed E-state index contributed by atoms with van der Waals surface area (Å²) in [6.07, 6.45) is 2.33. The molecule has 146 valence electrons. The van der Waals surface area contributed by atoms with Crippen molar-refractivity contribution >= 4 is 17.8 Å². The van der Waals surface area contributed by atoms with Crippen LogP contribution in [0.1, 0.15) is 48.5 Å². The van der Waals surface area contributed by atoms with Crippen molar-refractivity contribution in [2.45, 2.75) is 38.7 Å². The molecule has 0 radical (unpaired) electrons. The van der Waals surface area contributed by atoms with E-state index in [4.69, 9.17) is 4.74 Å². The van der Waals surface area contributed by atoms with Crippen molar-refractivity contribution in [2.24, 2.45) is 10.9 Å². The van der Waals surface area contributed by atoms with Crippen LogP contribution in [0.15, 0.2) is 46.1 Å². The maximum Gasteiger partial charge on any atom is 0.339 e. The van der Waals surface area contributed by atoms with E-state index < -0.39 is 11.9 Å². The molecule has 1 aromatic carbocycles. The molecule has 2 aliphatic heterocycles. The van der Waals surface area contributed by atoms with Crippen LogP contribution in [-0.2, 0) is 4.79 Å². The van der Waals surface area contributed by atoms with Gasteiger partial charge in [0.1, 0.15) is 11.3 Å². The van der Waals surface area contributed by atoms with Gasteiger partial charge in [0.2, 0.25) is 11.9 Å². The number of rotatable bonds is 4. The third-order valence-corrected chi connectivity index (χ3v) is 5.34. The molecule has 2 N–H and O–H groups in total. The number of nitrogens with zero attached hydrogens (tertiary/aromatic N) is 1. The second-order valence-electron chi connectivity index (χ2n) is 7.63.